The van der Waals surface area contributed by atoms with Crippen molar-refractivity contribution in [2.45, 2.75) is 6.04 Å². The maximum absolute atomic E-state index is 13.6. The number of piperazine rings is 1. The molecule has 4 aromatic carbocycles. The number of hydrogen-bond donors (Lipinski definition) is 1. The van der Waals surface area contributed by atoms with Crippen LogP contribution in [0.4, 0.5) is 5.69 Å². The summed E-state index contributed by atoms with van der Waals surface area (Å²) in [7, 11) is 1.61. The van der Waals surface area contributed by atoms with Gasteiger partial charge in [-0.3, -0.25) is 14.5 Å². The van der Waals surface area contributed by atoms with Gasteiger partial charge in [0.2, 0.25) is 5.91 Å². The van der Waals surface area contributed by atoms with E-state index in [1.165, 1.54) is 17.2 Å². The number of nitrogens with one attached hydrogen (secondary N) is 1. The van der Waals surface area contributed by atoms with Gasteiger partial charge < -0.3 is 15.0 Å². The Balaban J connectivity index is 1.25. The van der Waals surface area contributed by atoms with Crippen LogP contribution in [-0.2, 0) is 4.79 Å². The third-order valence-corrected chi connectivity index (χ3v) is 7.16. The minimum absolute atomic E-state index is 0.0781. The van der Waals surface area contributed by atoms with Crippen molar-refractivity contribution in [3.05, 3.63) is 138 Å². The van der Waals surface area contributed by atoms with Crippen molar-refractivity contribution in [1.82, 2.24) is 9.80 Å². The van der Waals surface area contributed by atoms with Gasteiger partial charge in [0.15, 0.2) is 0 Å². The quantitative estimate of drug-likeness (QED) is 0.288. The number of ether oxygens (including phenoxy) is 1. The first-order valence-corrected chi connectivity index (χ1v) is 13.5. The van der Waals surface area contributed by atoms with Crippen LogP contribution in [-0.4, -0.2) is 54.9 Å². The molecule has 0 unspecified atom stereocenters. The molecule has 1 heterocycles. The minimum atomic E-state index is -0.297. The van der Waals surface area contributed by atoms with Crippen molar-refractivity contribution in [2.75, 3.05) is 38.6 Å². The molecule has 0 spiro atoms. The van der Waals surface area contributed by atoms with Crippen molar-refractivity contribution in [1.29, 1.82) is 0 Å². The average Bonchev–Trinajstić information content (AvgIpc) is 3.02. The van der Waals surface area contributed by atoms with Crippen LogP contribution in [0.1, 0.15) is 33.1 Å². The predicted octanol–water partition coefficient (Wildman–Crippen LogP) is 5.89. The van der Waals surface area contributed by atoms with Gasteiger partial charge >= 0.3 is 0 Å². The lowest BCUT2D eigenvalue weighted by Gasteiger charge is -2.40. The molecular formula is C34H33N3O3. The number of amides is 2. The van der Waals surface area contributed by atoms with E-state index in [9.17, 15) is 9.59 Å². The Bertz CT molecular complexity index is 1410. The lowest BCUT2D eigenvalue weighted by atomic mass is 9.96. The molecule has 1 N–H and O–H groups in total. The Hall–Kier alpha value is -4.68. The van der Waals surface area contributed by atoms with Gasteiger partial charge in [-0.25, -0.2) is 0 Å². The summed E-state index contributed by atoms with van der Waals surface area (Å²) in [6.45, 7) is 2.71. The van der Waals surface area contributed by atoms with Crippen LogP contribution in [0.25, 0.3) is 6.08 Å². The topological polar surface area (TPSA) is 61.9 Å². The van der Waals surface area contributed by atoms with Crippen LogP contribution in [0.2, 0.25) is 0 Å². The summed E-state index contributed by atoms with van der Waals surface area (Å²) < 4.78 is 5.18. The van der Waals surface area contributed by atoms with Crippen LogP contribution >= 0.6 is 0 Å². The minimum Gasteiger partial charge on any atom is -0.497 e. The first-order chi connectivity index (χ1) is 19.6. The molecule has 0 bridgehead atoms. The lowest BCUT2D eigenvalue weighted by Crippen LogP contribution is -2.50. The zero-order valence-electron chi connectivity index (χ0n) is 22.6. The number of nitrogens with zero attached hydrogens (tertiary/aromatic N) is 2. The Morgan fingerprint density at radius 1 is 0.750 bits per heavy atom. The van der Waals surface area contributed by atoms with Gasteiger partial charge in [-0.15, -0.1) is 0 Å². The van der Waals surface area contributed by atoms with E-state index < -0.39 is 0 Å². The zero-order valence-corrected chi connectivity index (χ0v) is 22.6. The van der Waals surface area contributed by atoms with Gasteiger partial charge in [-0.2, -0.15) is 0 Å². The summed E-state index contributed by atoms with van der Waals surface area (Å²) >= 11 is 0. The average molecular weight is 532 g/mol. The van der Waals surface area contributed by atoms with Crippen molar-refractivity contribution in [3.63, 3.8) is 0 Å². The first kappa shape index (κ1) is 26.9. The fourth-order valence-electron chi connectivity index (χ4n) is 5.08. The summed E-state index contributed by atoms with van der Waals surface area (Å²) in [5.74, 6) is 0.380. The Kier molecular flexibility index (Phi) is 8.69. The number of hydrogen-bond acceptors (Lipinski definition) is 4. The van der Waals surface area contributed by atoms with Crippen LogP contribution in [0.15, 0.2) is 115 Å². The lowest BCUT2D eigenvalue weighted by molar-refractivity contribution is -0.111. The highest BCUT2D eigenvalue weighted by molar-refractivity contribution is 6.07. The van der Waals surface area contributed by atoms with Gasteiger partial charge in [-0.1, -0.05) is 84.9 Å². The SMILES string of the molecule is COc1ccc(C=CC(=O)Nc2ccccc2C(=O)N2CCN(C(c3ccccc3)c3ccccc3)CC2)cc1. The summed E-state index contributed by atoms with van der Waals surface area (Å²) in [6, 6.07) is 35.8. The maximum atomic E-state index is 13.6. The molecule has 0 atom stereocenters. The molecule has 0 radical (unpaired) electrons. The molecule has 202 valence electrons. The largest absolute Gasteiger partial charge is 0.497 e. The number of para-hydroxylation sites is 1. The molecule has 4 aromatic rings. The Labute approximate surface area is 235 Å². The van der Waals surface area contributed by atoms with Crippen molar-refractivity contribution in [2.24, 2.45) is 0 Å². The van der Waals surface area contributed by atoms with E-state index in [1.54, 1.807) is 25.3 Å². The molecule has 5 rings (SSSR count). The molecule has 0 aromatic heterocycles. The van der Waals surface area contributed by atoms with E-state index in [0.29, 0.717) is 24.3 Å². The number of carbonyl (C=O) groups is 2. The molecule has 1 aliphatic rings. The fraction of sp³-hybridized carbons (Fsp3) is 0.176. The van der Waals surface area contributed by atoms with Crippen molar-refractivity contribution < 1.29 is 14.3 Å². The molecule has 1 fully saturated rings. The third-order valence-electron chi connectivity index (χ3n) is 7.16. The molecule has 1 aliphatic heterocycles. The number of benzene rings is 4. The van der Waals surface area contributed by atoms with E-state index in [4.69, 9.17) is 4.74 Å². The van der Waals surface area contributed by atoms with Gasteiger partial charge in [0.05, 0.1) is 24.4 Å². The number of anilines is 1. The van der Waals surface area contributed by atoms with E-state index >= 15 is 0 Å². The summed E-state index contributed by atoms with van der Waals surface area (Å²) in [4.78, 5) is 30.6. The van der Waals surface area contributed by atoms with Gasteiger partial charge in [0.25, 0.3) is 5.91 Å². The summed E-state index contributed by atoms with van der Waals surface area (Å²) in [6.07, 6.45) is 3.20. The van der Waals surface area contributed by atoms with E-state index in [-0.39, 0.29) is 17.9 Å². The molecule has 0 aliphatic carbocycles. The monoisotopic (exact) mass is 531 g/mol. The zero-order chi connectivity index (χ0) is 27.7. The van der Waals surface area contributed by atoms with E-state index in [1.807, 2.05) is 53.4 Å². The molecule has 0 saturated carbocycles. The highest BCUT2D eigenvalue weighted by Gasteiger charge is 2.29. The predicted molar refractivity (Wildman–Crippen MR) is 159 cm³/mol. The standard InChI is InChI=1S/C34H33N3O3/c1-40-29-19-16-26(17-20-29)18-21-32(38)35-31-15-9-8-14-30(31)34(39)37-24-22-36(23-25-37)33(27-10-4-2-5-11-27)28-12-6-3-7-13-28/h2-21,33H,22-25H2,1H3,(H,35,38). The van der Waals surface area contributed by atoms with Crippen LogP contribution in [0.5, 0.6) is 5.75 Å². The second kappa shape index (κ2) is 12.9. The molecule has 40 heavy (non-hydrogen) atoms. The van der Waals surface area contributed by atoms with Crippen LogP contribution in [0.3, 0.4) is 0 Å². The third kappa shape index (κ3) is 6.47. The number of rotatable bonds is 8. The molecule has 6 nitrogen and oxygen atoms in total. The van der Waals surface area contributed by atoms with Gasteiger partial charge in [0.1, 0.15) is 5.75 Å². The first-order valence-electron chi connectivity index (χ1n) is 13.5. The van der Waals surface area contributed by atoms with Crippen LogP contribution < -0.4 is 10.1 Å². The Morgan fingerprint density at radius 3 is 1.93 bits per heavy atom. The van der Waals surface area contributed by atoms with E-state index in [2.05, 4.69) is 58.7 Å². The van der Waals surface area contributed by atoms with Crippen molar-refractivity contribution >= 4 is 23.6 Å². The highest BCUT2D eigenvalue weighted by Crippen LogP contribution is 2.30. The van der Waals surface area contributed by atoms with Gasteiger partial charge in [0, 0.05) is 32.3 Å². The molecule has 2 amide bonds. The summed E-state index contributed by atoms with van der Waals surface area (Å²) in [5.41, 5.74) is 4.35. The second-order valence-corrected chi connectivity index (χ2v) is 9.69. The number of carbonyl (C=O) groups excluding carboxylic acids is 2. The summed E-state index contributed by atoms with van der Waals surface area (Å²) in [5, 5.41) is 2.88. The van der Waals surface area contributed by atoms with Crippen LogP contribution in [0, 0.1) is 0 Å². The fourth-order valence-corrected chi connectivity index (χ4v) is 5.08. The molecule has 6 heteroatoms. The molecular weight excluding hydrogens is 498 g/mol. The van der Waals surface area contributed by atoms with Crippen molar-refractivity contribution in [3.8, 4) is 5.75 Å². The second-order valence-electron chi connectivity index (χ2n) is 9.69. The van der Waals surface area contributed by atoms with Gasteiger partial charge in [-0.05, 0) is 47.0 Å². The Morgan fingerprint density at radius 2 is 1.32 bits per heavy atom. The molecule has 1 saturated heterocycles. The number of methoxy groups -OCH3 is 1. The highest BCUT2D eigenvalue weighted by atomic mass is 16.5. The normalized spacial score (nSPS) is 13.9. The maximum Gasteiger partial charge on any atom is 0.256 e. The van der Waals surface area contributed by atoms with E-state index in [0.717, 1.165) is 24.4 Å². The smallest absolute Gasteiger partial charge is 0.256 e.